The average molecular weight is 373 g/mol. The Morgan fingerprint density at radius 3 is 2.58 bits per heavy atom. The quantitative estimate of drug-likeness (QED) is 0.348. The van der Waals surface area contributed by atoms with Crippen molar-refractivity contribution in [2.45, 2.75) is 13.5 Å². The number of nitrogens with zero attached hydrogens (tertiary/aromatic N) is 1. The molecule has 0 bridgehead atoms. The van der Waals surface area contributed by atoms with Gasteiger partial charge in [0.25, 0.3) is 11.6 Å². The molecule has 0 aliphatic rings. The molecule has 2 aromatic rings. The van der Waals surface area contributed by atoms with Crippen molar-refractivity contribution in [1.82, 2.24) is 16.2 Å². The lowest BCUT2D eigenvalue weighted by Crippen LogP contribution is -2.48. The van der Waals surface area contributed by atoms with Crippen molar-refractivity contribution < 1.29 is 9.72 Å². The van der Waals surface area contributed by atoms with Crippen LogP contribution in [-0.4, -0.2) is 22.5 Å². The first-order chi connectivity index (χ1) is 12.5. The minimum atomic E-state index is -0.483. The van der Waals surface area contributed by atoms with Crippen molar-refractivity contribution in [2.24, 2.45) is 0 Å². The molecule has 0 aliphatic heterocycles. The summed E-state index contributed by atoms with van der Waals surface area (Å²) in [5.41, 5.74) is 7.41. The van der Waals surface area contributed by atoms with E-state index >= 15 is 0 Å². The van der Waals surface area contributed by atoms with E-state index in [1.807, 2.05) is 30.3 Å². The molecule has 0 aliphatic carbocycles. The number of thiocarbonyl (C=S) groups is 1. The monoisotopic (exact) mass is 373 g/mol. The third kappa shape index (κ3) is 6.02. The van der Waals surface area contributed by atoms with Gasteiger partial charge in [0, 0.05) is 24.4 Å². The van der Waals surface area contributed by atoms with Crippen LogP contribution in [0.5, 0.6) is 0 Å². The van der Waals surface area contributed by atoms with Crippen LogP contribution in [0.2, 0.25) is 0 Å². The number of nitro groups is 1. The topological polar surface area (TPSA) is 108 Å². The number of aryl methyl sites for hydroxylation is 1. The van der Waals surface area contributed by atoms with Crippen molar-refractivity contribution in [2.75, 3.05) is 11.9 Å². The van der Waals surface area contributed by atoms with Gasteiger partial charge in [0.1, 0.15) is 0 Å². The third-order valence-corrected chi connectivity index (χ3v) is 3.73. The Kier molecular flexibility index (Phi) is 6.86. The zero-order chi connectivity index (χ0) is 18.9. The molecule has 0 saturated carbocycles. The number of anilines is 1. The van der Waals surface area contributed by atoms with Gasteiger partial charge in [-0.25, -0.2) is 0 Å². The second-order valence-corrected chi connectivity index (χ2v) is 5.86. The van der Waals surface area contributed by atoms with Gasteiger partial charge in [-0.15, -0.1) is 0 Å². The molecule has 0 aromatic heterocycles. The Bertz CT molecular complexity index is 798. The molecule has 26 heavy (non-hydrogen) atoms. The number of nitro benzene ring substituents is 1. The minimum absolute atomic E-state index is 0.0390. The Morgan fingerprint density at radius 2 is 1.88 bits per heavy atom. The van der Waals surface area contributed by atoms with Crippen molar-refractivity contribution in [3.63, 3.8) is 0 Å². The van der Waals surface area contributed by atoms with E-state index in [9.17, 15) is 14.9 Å². The summed E-state index contributed by atoms with van der Waals surface area (Å²) in [6, 6.07) is 14.1. The normalized spacial score (nSPS) is 9.88. The summed E-state index contributed by atoms with van der Waals surface area (Å²) < 4.78 is 0. The maximum Gasteiger partial charge on any atom is 0.271 e. The van der Waals surface area contributed by atoms with Gasteiger partial charge in [-0.3, -0.25) is 25.8 Å². The van der Waals surface area contributed by atoms with Crippen LogP contribution in [0.1, 0.15) is 11.1 Å². The van der Waals surface area contributed by atoms with E-state index < -0.39 is 4.92 Å². The highest BCUT2D eigenvalue weighted by Crippen LogP contribution is 2.21. The summed E-state index contributed by atoms with van der Waals surface area (Å²) in [5.74, 6) is -0.361. The van der Waals surface area contributed by atoms with E-state index in [0.29, 0.717) is 12.2 Å². The molecule has 1 amide bonds. The third-order valence-electron chi connectivity index (χ3n) is 3.48. The molecule has 9 heteroatoms. The Labute approximate surface area is 156 Å². The number of amides is 1. The lowest BCUT2D eigenvalue weighted by molar-refractivity contribution is -0.384. The van der Waals surface area contributed by atoms with Crippen LogP contribution in [-0.2, 0) is 11.3 Å². The number of nitrogens with one attached hydrogen (secondary N) is 4. The van der Waals surface area contributed by atoms with Gasteiger partial charge in [0.2, 0.25) is 0 Å². The number of hydrogen-bond acceptors (Lipinski definition) is 5. The highest BCUT2D eigenvalue weighted by Gasteiger charge is 2.09. The van der Waals surface area contributed by atoms with Crippen molar-refractivity contribution in [3.05, 3.63) is 69.8 Å². The van der Waals surface area contributed by atoms with Crippen LogP contribution < -0.4 is 21.5 Å². The molecule has 2 rings (SSSR count). The van der Waals surface area contributed by atoms with Gasteiger partial charge in [0.15, 0.2) is 5.11 Å². The summed E-state index contributed by atoms with van der Waals surface area (Å²) in [6.07, 6.45) is 0. The SMILES string of the molecule is Cc1ccc([N+](=O)[O-])cc1NCC(=O)NNC(=S)NCc1ccccc1. The van der Waals surface area contributed by atoms with E-state index in [2.05, 4.69) is 21.5 Å². The predicted octanol–water partition coefficient (Wildman–Crippen LogP) is 2.01. The molecule has 2 aromatic carbocycles. The first kappa shape index (κ1) is 19.1. The fourth-order valence-corrected chi connectivity index (χ4v) is 2.21. The van der Waals surface area contributed by atoms with Crippen molar-refractivity contribution >= 4 is 34.6 Å². The van der Waals surface area contributed by atoms with Gasteiger partial charge in [-0.2, -0.15) is 0 Å². The standard InChI is InChI=1S/C17H19N5O3S/c1-12-7-8-14(22(24)25)9-15(12)18-11-16(23)20-21-17(26)19-10-13-5-3-2-4-6-13/h2-9,18H,10-11H2,1H3,(H,20,23)(H2,19,21,26). The number of rotatable bonds is 6. The van der Waals surface area contributed by atoms with Crippen LogP contribution in [0, 0.1) is 17.0 Å². The second kappa shape index (κ2) is 9.33. The van der Waals surface area contributed by atoms with Crippen LogP contribution in [0.3, 0.4) is 0 Å². The van der Waals surface area contributed by atoms with Crippen LogP contribution in [0.15, 0.2) is 48.5 Å². The van der Waals surface area contributed by atoms with Crippen LogP contribution in [0.4, 0.5) is 11.4 Å². The van der Waals surface area contributed by atoms with E-state index in [1.54, 1.807) is 13.0 Å². The maximum atomic E-state index is 11.9. The zero-order valence-corrected chi connectivity index (χ0v) is 14.9. The molecule has 0 fully saturated rings. The first-order valence-electron chi connectivity index (χ1n) is 7.81. The fourth-order valence-electron chi connectivity index (χ4n) is 2.08. The van der Waals surface area contributed by atoms with E-state index in [1.165, 1.54) is 12.1 Å². The number of hydrogen-bond donors (Lipinski definition) is 4. The lowest BCUT2D eigenvalue weighted by atomic mass is 10.2. The Morgan fingerprint density at radius 1 is 1.15 bits per heavy atom. The van der Waals surface area contributed by atoms with Gasteiger partial charge >= 0.3 is 0 Å². The first-order valence-corrected chi connectivity index (χ1v) is 8.22. The summed E-state index contributed by atoms with van der Waals surface area (Å²) >= 11 is 5.08. The molecule has 136 valence electrons. The number of carbonyl (C=O) groups is 1. The zero-order valence-electron chi connectivity index (χ0n) is 14.1. The molecular formula is C17H19N5O3S. The molecule has 0 heterocycles. The highest BCUT2D eigenvalue weighted by molar-refractivity contribution is 7.80. The molecule has 0 atom stereocenters. The predicted molar refractivity (Wildman–Crippen MR) is 103 cm³/mol. The second-order valence-electron chi connectivity index (χ2n) is 5.45. The number of hydrazine groups is 1. The van der Waals surface area contributed by atoms with Gasteiger partial charge < -0.3 is 10.6 Å². The van der Waals surface area contributed by atoms with Crippen molar-refractivity contribution in [3.8, 4) is 0 Å². The summed E-state index contributed by atoms with van der Waals surface area (Å²) in [6.45, 7) is 2.27. The molecular weight excluding hydrogens is 354 g/mol. The van der Waals surface area contributed by atoms with Crippen LogP contribution in [0.25, 0.3) is 0 Å². The number of non-ortho nitro benzene ring substituents is 1. The van der Waals surface area contributed by atoms with E-state index in [4.69, 9.17) is 12.2 Å². The van der Waals surface area contributed by atoms with Gasteiger partial charge in [-0.05, 0) is 30.3 Å². The van der Waals surface area contributed by atoms with E-state index in [-0.39, 0.29) is 23.3 Å². The average Bonchev–Trinajstić information content (AvgIpc) is 2.64. The summed E-state index contributed by atoms with van der Waals surface area (Å²) in [5, 5.41) is 16.9. The molecule has 8 nitrogen and oxygen atoms in total. The summed E-state index contributed by atoms with van der Waals surface area (Å²) in [4.78, 5) is 22.2. The Balaban J connectivity index is 1.74. The number of benzene rings is 2. The van der Waals surface area contributed by atoms with Gasteiger partial charge in [-0.1, -0.05) is 36.4 Å². The molecule has 0 saturated heterocycles. The fraction of sp³-hybridized carbons (Fsp3) is 0.176. The largest absolute Gasteiger partial charge is 0.376 e. The molecule has 0 spiro atoms. The molecule has 0 radical (unpaired) electrons. The lowest BCUT2D eigenvalue weighted by Gasteiger charge is -2.13. The maximum absolute atomic E-state index is 11.9. The smallest absolute Gasteiger partial charge is 0.271 e. The van der Waals surface area contributed by atoms with Crippen molar-refractivity contribution in [1.29, 1.82) is 0 Å². The summed E-state index contributed by atoms with van der Waals surface area (Å²) in [7, 11) is 0. The van der Waals surface area contributed by atoms with E-state index in [0.717, 1.165) is 11.1 Å². The van der Waals surface area contributed by atoms with Gasteiger partial charge in [0.05, 0.1) is 11.5 Å². The van der Waals surface area contributed by atoms with Crippen LogP contribution >= 0.6 is 12.2 Å². The Hall–Kier alpha value is -3.20. The molecule has 4 N–H and O–H groups in total. The molecule has 0 unspecified atom stereocenters. The minimum Gasteiger partial charge on any atom is -0.376 e. The number of carbonyl (C=O) groups excluding carboxylic acids is 1. The highest BCUT2D eigenvalue weighted by atomic mass is 32.1.